The number of nitrogens with one attached hydrogen (secondary N) is 2. The normalized spacial score (nSPS) is 21.0. The highest BCUT2D eigenvalue weighted by Gasteiger charge is 2.40. The van der Waals surface area contributed by atoms with Crippen molar-refractivity contribution in [3.63, 3.8) is 0 Å². The molecule has 0 bridgehead atoms. The van der Waals surface area contributed by atoms with Crippen LogP contribution in [0.15, 0.2) is 77.6 Å². The maximum absolute atomic E-state index is 14.1. The molecule has 0 aliphatic carbocycles. The molecule has 0 spiro atoms. The van der Waals surface area contributed by atoms with Crippen molar-refractivity contribution in [2.75, 3.05) is 24.5 Å². The maximum atomic E-state index is 14.1. The zero-order chi connectivity index (χ0) is 29.1. The fourth-order valence-corrected chi connectivity index (χ4v) is 5.94. The van der Waals surface area contributed by atoms with Gasteiger partial charge in [0.25, 0.3) is 0 Å². The van der Waals surface area contributed by atoms with Gasteiger partial charge < -0.3 is 15.1 Å². The molecule has 0 amide bonds. The molecule has 41 heavy (non-hydrogen) atoms. The summed E-state index contributed by atoms with van der Waals surface area (Å²) in [5.41, 5.74) is 3.43. The number of hydrogen-bond acceptors (Lipinski definition) is 7. The van der Waals surface area contributed by atoms with Crippen molar-refractivity contribution in [2.45, 2.75) is 57.3 Å². The number of hydrogen-bond donors (Lipinski definition) is 2. The molecule has 2 N–H and O–H groups in total. The van der Waals surface area contributed by atoms with Crippen LogP contribution < -0.4 is 15.6 Å². The van der Waals surface area contributed by atoms with Crippen molar-refractivity contribution in [3.8, 4) is 11.1 Å². The molecule has 2 saturated heterocycles. The summed E-state index contributed by atoms with van der Waals surface area (Å²) in [5, 5.41) is 6.76. The second-order valence-corrected chi connectivity index (χ2v) is 10.9. The zero-order valence-electron chi connectivity index (χ0n) is 23.1. The molecule has 1 aromatic heterocycles. The van der Waals surface area contributed by atoms with E-state index < -0.39 is 11.7 Å². The minimum Gasteiger partial charge on any atom is -0.381 e. The van der Waals surface area contributed by atoms with Crippen LogP contribution in [-0.2, 0) is 0 Å². The lowest BCUT2D eigenvalue weighted by Crippen LogP contribution is -2.44. The number of hydrazone groups is 1. The standard InChI is InChI=1S/C30H35F4N7/c1-19(38-27-18-37-39-20(2)28(27)30(32,33)34)8-9-22-10-15-41(21(22)3)24-11-13-40(14-12-24)29-35-16-23(17-36-29)25-6-4-5-7-26(25)31/h4-7,16-19,22,24,38-39H,2-3,8-15H2,1H3. The minimum atomic E-state index is -4.52. The Labute approximate surface area is 237 Å². The molecular formula is C30H35F4N7. The molecule has 3 aliphatic heterocycles. The van der Waals surface area contributed by atoms with E-state index in [1.54, 1.807) is 30.6 Å². The molecule has 11 heteroatoms. The largest absolute Gasteiger partial charge is 0.420 e. The molecule has 5 rings (SSSR count). The van der Waals surface area contributed by atoms with Gasteiger partial charge in [-0.1, -0.05) is 31.4 Å². The molecule has 218 valence electrons. The van der Waals surface area contributed by atoms with Gasteiger partial charge in [-0.3, -0.25) is 5.43 Å². The Hall–Kier alpha value is -3.89. The van der Waals surface area contributed by atoms with Gasteiger partial charge in [0.1, 0.15) is 11.4 Å². The van der Waals surface area contributed by atoms with Gasteiger partial charge in [0, 0.05) is 66.9 Å². The number of benzene rings is 1. The molecule has 2 atom stereocenters. The summed E-state index contributed by atoms with van der Waals surface area (Å²) in [5.74, 6) is 0.656. The second kappa shape index (κ2) is 11.9. The van der Waals surface area contributed by atoms with Gasteiger partial charge in [-0.2, -0.15) is 18.3 Å². The van der Waals surface area contributed by atoms with E-state index in [0.717, 1.165) is 51.0 Å². The third-order valence-electron chi connectivity index (χ3n) is 8.17. The van der Waals surface area contributed by atoms with Gasteiger partial charge in [0.15, 0.2) is 0 Å². The number of rotatable bonds is 8. The summed E-state index contributed by atoms with van der Waals surface area (Å²) in [6.45, 7) is 12.3. The first kappa shape index (κ1) is 28.6. The fourth-order valence-electron chi connectivity index (χ4n) is 5.94. The monoisotopic (exact) mass is 569 g/mol. The Bertz CT molecular complexity index is 1330. The topological polar surface area (TPSA) is 68.7 Å². The van der Waals surface area contributed by atoms with Crippen molar-refractivity contribution in [1.29, 1.82) is 0 Å². The molecule has 2 unspecified atom stereocenters. The van der Waals surface area contributed by atoms with Crippen LogP contribution >= 0.6 is 0 Å². The SMILES string of the molecule is C=C1NN=CC(NC(C)CCC2CCN(C3CCN(c4ncc(-c5ccccc5F)cn4)CC3)C2=C)=C1C(F)(F)F. The Kier molecular flexibility index (Phi) is 8.32. The highest BCUT2D eigenvalue weighted by molar-refractivity contribution is 5.82. The number of alkyl halides is 3. The Morgan fingerprint density at radius 3 is 2.46 bits per heavy atom. The van der Waals surface area contributed by atoms with Gasteiger partial charge in [0.05, 0.1) is 17.6 Å². The van der Waals surface area contributed by atoms with E-state index in [9.17, 15) is 17.6 Å². The van der Waals surface area contributed by atoms with Crippen molar-refractivity contribution in [1.82, 2.24) is 25.6 Å². The summed E-state index contributed by atoms with van der Waals surface area (Å²) in [4.78, 5) is 13.6. The van der Waals surface area contributed by atoms with Crippen molar-refractivity contribution in [2.24, 2.45) is 11.0 Å². The highest BCUT2D eigenvalue weighted by Crippen LogP contribution is 2.36. The summed E-state index contributed by atoms with van der Waals surface area (Å²) < 4.78 is 54.6. The average Bonchev–Trinajstić information content (AvgIpc) is 3.31. The minimum absolute atomic E-state index is 0.0572. The van der Waals surface area contributed by atoms with Gasteiger partial charge in [-0.15, -0.1) is 0 Å². The van der Waals surface area contributed by atoms with E-state index in [-0.39, 0.29) is 23.3 Å². The lowest BCUT2D eigenvalue weighted by molar-refractivity contribution is -0.0907. The number of likely N-dealkylation sites (tertiary alicyclic amines) is 1. The Balaban J connectivity index is 1.11. The summed E-state index contributed by atoms with van der Waals surface area (Å²) in [6.07, 6.45) is 4.43. The second-order valence-electron chi connectivity index (χ2n) is 10.9. The van der Waals surface area contributed by atoms with Crippen LogP contribution in [-0.4, -0.2) is 59.0 Å². The van der Waals surface area contributed by atoms with Crippen molar-refractivity contribution < 1.29 is 17.6 Å². The molecule has 2 fully saturated rings. The van der Waals surface area contributed by atoms with Crippen LogP contribution in [0.25, 0.3) is 11.1 Å². The predicted molar refractivity (Wildman–Crippen MR) is 152 cm³/mol. The molecule has 0 radical (unpaired) electrons. The number of anilines is 1. The van der Waals surface area contributed by atoms with Crippen LogP contribution in [0.3, 0.4) is 0 Å². The third kappa shape index (κ3) is 6.39. The van der Waals surface area contributed by atoms with E-state index in [2.05, 4.69) is 48.8 Å². The molecule has 0 saturated carbocycles. The number of nitrogens with zero attached hydrogens (tertiary/aromatic N) is 5. The number of aromatic nitrogens is 2. The van der Waals surface area contributed by atoms with Gasteiger partial charge >= 0.3 is 6.18 Å². The Morgan fingerprint density at radius 2 is 1.78 bits per heavy atom. The van der Waals surface area contributed by atoms with E-state index in [1.165, 1.54) is 12.3 Å². The summed E-state index contributed by atoms with van der Waals surface area (Å²) in [6, 6.07) is 6.80. The highest BCUT2D eigenvalue weighted by atomic mass is 19.4. The van der Waals surface area contributed by atoms with Crippen LogP contribution in [0, 0.1) is 11.7 Å². The molecule has 1 aromatic carbocycles. The molecule has 7 nitrogen and oxygen atoms in total. The lowest BCUT2D eigenvalue weighted by atomic mass is 9.96. The molecule has 4 heterocycles. The average molecular weight is 570 g/mol. The predicted octanol–water partition coefficient (Wildman–Crippen LogP) is 5.76. The summed E-state index contributed by atoms with van der Waals surface area (Å²) >= 11 is 0. The fraction of sp³-hybridized carbons (Fsp3) is 0.433. The first-order valence-electron chi connectivity index (χ1n) is 14.0. The number of piperidine rings is 1. The van der Waals surface area contributed by atoms with Crippen LogP contribution in [0.1, 0.15) is 39.0 Å². The van der Waals surface area contributed by atoms with E-state index in [0.29, 0.717) is 35.5 Å². The zero-order valence-corrected chi connectivity index (χ0v) is 23.1. The molecular weight excluding hydrogens is 534 g/mol. The van der Waals surface area contributed by atoms with Crippen molar-refractivity contribution >= 4 is 12.2 Å². The third-order valence-corrected chi connectivity index (χ3v) is 8.17. The Morgan fingerprint density at radius 1 is 1.07 bits per heavy atom. The van der Waals surface area contributed by atoms with Crippen LogP contribution in [0.5, 0.6) is 0 Å². The van der Waals surface area contributed by atoms with E-state index >= 15 is 0 Å². The first-order valence-corrected chi connectivity index (χ1v) is 14.0. The van der Waals surface area contributed by atoms with Crippen LogP contribution in [0.4, 0.5) is 23.5 Å². The number of allylic oxidation sites excluding steroid dienone is 3. The van der Waals surface area contributed by atoms with E-state index in [4.69, 9.17) is 0 Å². The quantitative estimate of drug-likeness (QED) is 0.394. The van der Waals surface area contributed by atoms with Gasteiger partial charge in [-0.05, 0) is 45.1 Å². The van der Waals surface area contributed by atoms with Gasteiger partial charge in [0.2, 0.25) is 5.95 Å². The lowest BCUT2D eigenvalue weighted by Gasteiger charge is -2.38. The number of halogens is 4. The first-order chi connectivity index (χ1) is 19.6. The molecule has 3 aliphatic rings. The van der Waals surface area contributed by atoms with Gasteiger partial charge in [-0.25, -0.2) is 14.4 Å². The smallest absolute Gasteiger partial charge is 0.381 e. The summed E-state index contributed by atoms with van der Waals surface area (Å²) in [7, 11) is 0. The van der Waals surface area contributed by atoms with Crippen molar-refractivity contribution in [3.05, 3.63) is 78.3 Å². The van der Waals surface area contributed by atoms with E-state index in [1.807, 2.05) is 6.92 Å². The van der Waals surface area contributed by atoms with Crippen LogP contribution in [0.2, 0.25) is 0 Å². The molecule has 2 aromatic rings. The maximum Gasteiger partial charge on any atom is 0.420 e.